The zero-order chi connectivity index (χ0) is 33.6. The smallest absolute Gasteiger partial charge is 0.321 e. The number of likely N-dealkylation sites (tertiary alicyclic amines) is 1. The first-order valence-corrected chi connectivity index (χ1v) is 17.2. The highest BCUT2D eigenvalue weighted by Crippen LogP contribution is 2.45. The molecule has 1 aliphatic heterocycles. The summed E-state index contributed by atoms with van der Waals surface area (Å²) in [5.41, 5.74) is -2.37. The Bertz CT molecular complexity index is 1550. The summed E-state index contributed by atoms with van der Waals surface area (Å²) >= 11 is 0. The number of nitrogens with zero attached hydrogens (tertiary/aromatic N) is 2. The highest BCUT2D eigenvalue weighted by atomic mass is 32.2. The standard InChI is InChI=1S/C31H42N6O8S/c1-5-19-16-31(19,29(42)35-46(44,45)21-11-12-21)34-27(40)23-15-20(32-26(39)22-8-6-7-13-37(22)43)17-36(23)28(41)25(30(2,3)4)33-24(38)14-18-9-10-18/h5-8,13,18-21,23,25H,1,9-12,14-17H2,2-4H3,(H4-,32,33,34,35,38,39,40,42,43)/p+1/t19?,20-,23+,25-,31?/m1/s1. The van der Waals surface area contributed by atoms with Crippen molar-refractivity contribution in [2.75, 3.05) is 6.54 Å². The Morgan fingerprint density at radius 3 is 2.41 bits per heavy atom. The number of aromatic nitrogens is 1. The summed E-state index contributed by atoms with van der Waals surface area (Å²) in [5, 5.41) is 17.8. The number of hydrogen-bond acceptors (Lipinski definition) is 8. The van der Waals surface area contributed by atoms with E-state index < -0.39 is 73.9 Å². The van der Waals surface area contributed by atoms with E-state index in [0.29, 0.717) is 24.0 Å². The Hall–Kier alpha value is -4.01. The van der Waals surface area contributed by atoms with Crippen molar-refractivity contribution in [3.63, 3.8) is 0 Å². The number of nitrogens with one attached hydrogen (secondary N) is 4. The maximum absolute atomic E-state index is 14.2. The Labute approximate surface area is 268 Å². The molecule has 5 amide bonds. The molecular formula is C31H43N6O8S+. The molecule has 2 heterocycles. The molecule has 14 nitrogen and oxygen atoms in total. The minimum absolute atomic E-state index is 0.0364. The van der Waals surface area contributed by atoms with Gasteiger partial charge in [0.05, 0.1) is 5.25 Å². The van der Waals surface area contributed by atoms with Crippen molar-refractivity contribution in [2.45, 2.75) is 94.6 Å². The van der Waals surface area contributed by atoms with Crippen LogP contribution in [0.25, 0.3) is 0 Å². The van der Waals surface area contributed by atoms with Crippen molar-refractivity contribution in [1.82, 2.24) is 25.6 Å². The van der Waals surface area contributed by atoms with Crippen LogP contribution in [0.1, 0.15) is 76.2 Å². The van der Waals surface area contributed by atoms with Gasteiger partial charge in [-0.25, -0.2) is 8.42 Å². The minimum atomic E-state index is -3.90. The van der Waals surface area contributed by atoms with Crippen molar-refractivity contribution in [3.8, 4) is 0 Å². The molecule has 250 valence electrons. The Morgan fingerprint density at radius 2 is 1.85 bits per heavy atom. The van der Waals surface area contributed by atoms with E-state index in [1.54, 1.807) is 26.8 Å². The van der Waals surface area contributed by atoms with Crippen LogP contribution >= 0.6 is 0 Å². The first-order valence-electron chi connectivity index (χ1n) is 15.7. The number of amides is 5. The van der Waals surface area contributed by atoms with Gasteiger partial charge in [0.1, 0.15) is 17.6 Å². The highest BCUT2D eigenvalue weighted by molar-refractivity contribution is 7.91. The molecule has 3 saturated carbocycles. The molecule has 0 aromatic carbocycles. The number of carbonyl (C=O) groups is 5. The molecule has 1 aromatic heterocycles. The van der Waals surface area contributed by atoms with Gasteiger partial charge in [-0.1, -0.05) is 26.8 Å². The van der Waals surface area contributed by atoms with Crippen molar-refractivity contribution >= 4 is 39.6 Å². The van der Waals surface area contributed by atoms with E-state index in [1.165, 1.54) is 29.3 Å². The fourth-order valence-electron chi connectivity index (χ4n) is 5.94. The van der Waals surface area contributed by atoms with Gasteiger partial charge in [-0.2, -0.15) is 0 Å². The molecule has 15 heteroatoms. The normalized spacial score (nSPS) is 26.4. The molecule has 5 N–H and O–H groups in total. The maximum atomic E-state index is 14.2. The summed E-state index contributed by atoms with van der Waals surface area (Å²) in [6, 6.07) is 1.61. The van der Waals surface area contributed by atoms with Crippen LogP contribution in [0.15, 0.2) is 37.1 Å². The van der Waals surface area contributed by atoms with Crippen molar-refractivity contribution < 1.29 is 42.3 Å². The molecule has 1 aromatic rings. The third-order valence-corrected chi connectivity index (χ3v) is 11.0. The van der Waals surface area contributed by atoms with Gasteiger partial charge < -0.3 is 20.9 Å². The summed E-state index contributed by atoms with van der Waals surface area (Å²) < 4.78 is 27.9. The molecule has 4 fully saturated rings. The number of rotatable bonds is 12. The van der Waals surface area contributed by atoms with Gasteiger partial charge in [-0.05, 0) is 55.9 Å². The van der Waals surface area contributed by atoms with E-state index in [2.05, 4.69) is 27.3 Å². The van der Waals surface area contributed by atoms with Gasteiger partial charge in [0.15, 0.2) is 0 Å². The molecule has 0 bridgehead atoms. The first kappa shape index (κ1) is 33.4. The van der Waals surface area contributed by atoms with Crippen LogP contribution in [0, 0.1) is 17.3 Å². The third kappa shape index (κ3) is 7.18. The first-order chi connectivity index (χ1) is 21.6. The van der Waals surface area contributed by atoms with Crippen LogP contribution in [-0.4, -0.2) is 83.5 Å². The van der Waals surface area contributed by atoms with Crippen LogP contribution in [0.5, 0.6) is 0 Å². The fraction of sp³-hybridized carbons (Fsp3) is 0.613. The molecule has 3 aliphatic carbocycles. The fourth-order valence-corrected chi connectivity index (χ4v) is 7.31. The molecule has 4 aliphatic rings. The van der Waals surface area contributed by atoms with E-state index in [-0.39, 0.29) is 36.9 Å². The average molecular weight is 660 g/mol. The molecule has 0 radical (unpaired) electrons. The second-order valence-corrected chi connectivity index (χ2v) is 16.0. The molecule has 46 heavy (non-hydrogen) atoms. The monoisotopic (exact) mass is 659 g/mol. The molecule has 1 saturated heterocycles. The van der Waals surface area contributed by atoms with Gasteiger partial charge in [-0.15, -0.1) is 6.58 Å². The summed E-state index contributed by atoms with van der Waals surface area (Å²) in [6.45, 7) is 9.02. The number of sulfonamides is 1. The molecular weight excluding hydrogens is 616 g/mol. The van der Waals surface area contributed by atoms with Crippen LogP contribution in [0.4, 0.5) is 0 Å². The van der Waals surface area contributed by atoms with Gasteiger partial charge in [0.25, 0.3) is 5.91 Å². The zero-order valence-corrected chi connectivity index (χ0v) is 27.1. The molecule has 5 rings (SSSR count). The van der Waals surface area contributed by atoms with E-state index in [4.69, 9.17) is 0 Å². The van der Waals surface area contributed by atoms with Crippen molar-refractivity contribution in [3.05, 3.63) is 42.7 Å². The van der Waals surface area contributed by atoms with Crippen molar-refractivity contribution in [1.29, 1.82) is 0 Å². The SMILES string of the molecule is C=CC1CC1(NC(=O)[C@@H]1C[C@@H](NC(=O)c2cccc[n+]2O)CN1C(=O)[C@@H](NC(=O)CC1CC1)C(C)(C)C)C(=O)NS(=O)(=O)C1CC1. The predicted octanol–water partition coefficient (Wildman–Crippen LogP) is -0.0890. The number of pyridine rings is 1. The van der Waals surface area contributed by atoms with E-state index in [1.807, 2.05) is 0 Å². The molecule has 0 spiro atoms. The maximum Gasteiger partial charge on any atom is 0.321 e. The van der Waals surface area contributed by atoms with Gasteiger partial charge >= 0.3 is 11.6 Å². The average Bonchev–Trinajstić information content (AvgIpc) is 3.86. The number of hydrogen-bond donors (Lipinski definition) is 5. The lowest BCUT2D eigenvalue weighted by molar-refractivity contribution is -0.905. The lowest BCUT2D eigenvalue weighted by Gasteiger charge is -2.35. The van der Waals surface area contributed by atoms with Gasteiger partial charge in [-0.3, -0.25) is 33.9 Å². The lowest BCUT2D eigenvalue weighted by Crippen LogP contribution is -2.60. The van der Waals surface area contributed by atoms with Crippen LogP contribution in [-0.2, 0) is 29.2 Å². The zero-order valence-electron chi connectivity index (χ0n) is 26.3. The Kier molecular flexibility index (Phi) is 8.92. The van der Waals surface area contributed by atoms with Crippen LogP contribution in [0.3, 0.4) is 0 Å². The van der Waals surface area contributed by atoms with Crippen molar-refractivity contribution in [2.24, 2.45) is 17.3 Å². The van der Waals surface area contributed by atoms with E-state index in [0.717, 1.165) is 12.8 Å². The second kappa shape index (κ2) is 12.3. The second-order valence-electron chi connectivity index (χ2n) is 14.0. The summed E-state index contributed by atoms with van der Waals surface area (Å²) in [7, 11) is -3.90. The summed E-state index contributed by atoms with van der Waals surface area (Å²) in [6.07, 6.45) is 5.95. The topological polar surface area (TPSA) is 195 Å². The minimum Gasteiger partial charge on any atom is -0.344 e. The Morgan fingerprint density at radius 1 is 1.15 bits per heavy atom. The number of carbonyl (C=O) groups excluding carboxylic acids is 5. The van der Waals surface area contributed by atoms with Crippen LogP contribution in [0.2, 0.25) is 0 Å². The predicted molar refractivity (Wildman–Crippen MR) is 163 cm³/mol. The van der Waals surface area contributed by atoms with E-state index >= 15 is 0 Å². The van der Waals surface area contributed by atoms with Gasteiger partial charge in [0, 0.05) is 41.8 Å². The van der Waals surface area contributed by atoms with Gasteiger partial charge in [0.2, 0.25) is 33.9 Å². The lowest BCUT2D eigenvalue weighted by atomic mass is 9.85. The molecule has 5 atom stereocenters. The largest absolute Gasteiger partial charge is 0.344 e. The Balaban J connectivity index is 1.39. The summed E-state index contributed by atoms with van der Waals surface area (Å²) in [5.74, 6) is -3.25. The summed E-state index contributed by atoms with van der Waals surface area (Å²) in [4.78, 5) is 68.7. The highest BCUT2D eigenvalue weighted by Gasteiger charge is 2.62. The molecule has 2 unspecified atom stereocenters. The third-order valence-electron chi connectivity index (χ3n) is 9.13. The van der Waals surface area contributed by atoms with Crippen LogP contribution < -0.4 is 25.4 Å². The quantitative estimate of drug-likeness (QED) is 0.117. The van der Waals surface area contributed by atoms with E-state index in [9.17, 15) is 37.6 Å².